The maximum atomic E-state index is 10.6. The standard InChI is InChI=1S/C6H8N4O2/c1-2-3(5(11)12)4(7)10-6(8)9-2/h1H3,(H,11,12)(H4,7,8,9,10). The number of nitrogens with two attached hydrogens (primary N) is 2. The summed E-state index contributed by atoms with van der Waals surface area (Å²) in [5, 5.41) is 8.64. The maximum Gasteiger partial charge on any atom is 0.341 e. The molecule has 6 heteroatoms. The number of nitrogens with zero attached hydrogens (tertiary/aromatic N) is 2. The molecule has 0 aromatic carbocycles. The van der Waals surface area contributed by atoms with Gasteiger partial charge in [0.05, 0.1) is 5.69 Å². The first-order chi connectivity index (χ1) is 5.52. The van der Waals surface area contributed by atoms with Gasteiger partial charge in [0.25, 0.3) is 0 Å². The monoisotopic (exact) mass is 168 g/mol. The van der Waals surface area contributed by atoms with Crippen molar-refractivity contribution in [2.24, 2.45) is 0 Å². The van der Waals surface area contributed by atoms with E-state index in [1.165, 1.54) is 6.92 Å². The predicted molar refractivity (Wildman–Crippen MR) is 42.6 cm³/mol. The molecule has 6 nitrogen and oxygen atoms in total. The van der Waals surface area contributed by atoms with Gasteiger partial charge in [-0.25, -0.2) is 9.78 Å². The van der Waals surface area contributed by atoms with Crippen molar-refractivity contribution < 1.29 is 9.90 Å². The molecule has 0 aliphatic carbocycles. The minimum absolute atomic E-state index is 0.0185. The van der Waals surface area contributed by atoms with Gasteiger partial charge < -0.3 is 16.6 Å². The summed E-state index contributed by atoms with van der Waals surface area (Å²) in [4.78, 5) is 17.7. The third kappa shape index (κ3) is 1.26. The van der Waals surface area contributed by atoms with Gasteiger partial charge in [0.2, 0.25) is 5.95 Å². The molecule has 0 saturated heterocycles. The highest BCUT2D eigenvalue weighted by Crippen LogP contribution is 2.12. The molecule has 1 aromatic heterocycles. The van der Waals surface area contributed by atoms with Crippen LogP contribution in [-0.2, 0) is 0 Å². The van der Waals surface area contributed by atoms with Crippen molar-refractivity contribution in [3.05, 3.63) is 11.3 Å². The Morgan fingerprint density at radius 3 is 2.42 bits per heavy atom. The highest BCUT2D eigenvalue weighted by atomic mass is 16.4. The van der Waals surface area contributed by atoms with Crippen molar-refractivity contribution in [2.45, 2.75) is 6.92 Å². The first-order valence-electron chi connectivity index (χ1n) is 3.15. The summed E-state index contributed by atoms with van der Waals surface area (Å²) in [7, 11) is 0. The fraction of sp³-hybridized carbons (Fsp3) is 0.167. The quantitative estimate of drug-likeness (QED) is 0.527. The van der Waals surface area contributed by atoms with Crippen LogP contribution >= 0.6 is 0 Å². The largest absolute Gasteiger partial charge is 0.477 e. The van der Waals surface area contributed by atoms with Crippen molar-refractivity contribution >= 4 is 17.7 Å². The summed E-state index contributed by atoms with van der Waals surface area (Å²) in [6.07, 6.45) is 0. The van der Waals surface area contributed by atoms with Crippen LogP contribution in [0.3, 0.4) is 0 Å². The lowest BCUT2D eigenvalue weighted by Gasteiger charge is -2.03. The highest BCUT2D eigenvalue weighted by Gasteiger charge is 2.14. The lowest BCUT2D eigenvalue weighted by atomic mass is 10.2. The number of nitrogen functional groups attached to an aromatic ring is 2. The Hall–Kier alpha value is -1.85. The second kappa shape index (κ2) is 2.65. The van der Waals surface area contributed by atoms with Gasteiger partial charge in [-0.15, -0.1) is 0 Å². The molecule has 5 N–H and O–H groups in total. The molecule has 64 valence electrons. The average molecular weight is 168 g/mol. The maximum absolute atomic E-state index is 10.6. The SMILES string of the molecule is Cc1nc(N)nc(N)c1C(=O)O. The number of aryl methyl sites for hydroxylation is 1. The first-order valence-corrected chi connectivity index (χ1v) is 3.15. The van der Waals surface area contributed by atoms with Crippen LogP contribution in [0, 0.1) is 6.92 Å². The normalized spacial score (nSPS) is 9.75. The third-order valence-corrected chi connectivity index (χ3v) is 1.35. The molecule has 0 fully saturated rings. The van der Waals surface area contributed by atoms with E-state index in [-0.39, 0.29) is 23.0 Å². The molecule has 0 amide bonds. The number of carboxylic acids is 1. The number of aromatic nitrogens is 2. The molecular formula is C6H8N4O2. The number of carboxylic acid groups (broad SMARTS) is 1. The van der Waals surface area contributed by atoms with Crippen LogP contribution in [0.15, 0.2) is 0 Å². The molecule has 0 aliphatic rings. The van der Waals surface area contributed by atoms with Gasteiger partial charge in [-0.1, -0.05) is 0 Å². The molecule has 1 aromatic rings. The summed E-state index contributed by atoms with van der Waals surface area (Å²) >= 11 is 0. The molecule has 1 rings (SSSR count). The van der Waals surface area contributed by atoms with Crippen molar-refractivity contribution in [1.82, 2.24) is 9.97 Å². The predicted octanol–water partition coefficient (Wildman–Crippen LogP) is -0.352. The Morgan fingerprint density at radius 1 is 1.42 bits per heavy atom. The fourth-order valence-electron chi connectivity index (χ4n) is 0.882. The zero-order chi connectivity index (χ0) is 9.30. The minimum Gasteiger partial charge on any atom is -0.477 e. The van der Waals surface area contributed by atoms with Crippen LogP contribution in [0.4, 0.5) is 11.8 Å². The molecule has 0 aliphatic heterocycles. The highest BCUT2D eigenvalue weighted by molar-refractivity contribution is 5.93. The molecule has 0 unspecified atom stereocenters. The topological polar surface area (TPSA) is 115 Å². The molecule has 1 heterocycles. The molecule has 12 heavy (non-hydrogen) atoms. The third-order valence-electron chi connectivity index (χ3n) is 1.35. The number of rotatable bonds is 1. The molecule has 0 radical (unpaired) electrons. The summed E-state index contributed by atoms with van der Waals surface area (Å²) in [5.41, 5.74) is 10.7. The minimum atomic E-state index is -1.15. The summed E-state index contributed by atoms with van der Waals surface area (Å²) < 4.78 is 0. The van der Waals surface area contributed by atoms with E-state index < -0.39 is 5.97 Å². The Balaban J connectivity index is 3.38. The van der Waals surface area contributed by atoms with E-state index >= 15 is 0 Å². The van der Waals surface area contributed by atoms with E-state index in [4.69, 9.17) is 16.6 Å². The second-order valence-electron chi connectivity index (χ2n) is 2.23. The van der Waals surface area contributed by atoms with Gasteiger partial charge in [-0.2, -0.15) is 4.98 Å². The smallest absolute Gasteiger partial charge is 0.341 e. The van der Waals surface area contributed by atoms with Crippen molar-refractivity contribution in [3.8, 4) is 0 Å². The number of hydrogen-bond acceptors (Lipinski definition) is 5. The van der Waals surface area contributed by atoms with Crippen LogP contribution < -0.4 is 11.5 Å². The van der Waals surface area contributed by atoms with Gasteiger partial charge in [-0.05, 0) is 6.92 Å². The first kappa shape index (κ1) is 8.25. The zero-order valence-corrected chi connectivity index (χ0v) is 6.40. The van der Waals surface area contributed by atoms with Gasteiger partial charge in [0.15, 0.2) is 0 Å². The van der Waals surface area contributed by atoms with Crippen molar-refractivity contribution in [2.75, 3.05) is 11.5 Å². The van der Waals surface area contributed by atoms with Gasteiger partial charge >= 0.3 is 5.97 Å². The van der Waals surface area contributed by atoms with Crippen molar-refractivity contribution in [1.29, 1.82) is 0 Å². The second-order valence-corrected chi connectivity index (χ2v) is 2.23. The van der Waals surface area contributed by atoms with Gasteiger partial charge in [0.1, 0.15) is 11.4 Å². The van der Waals surface area contributed by atoms with E-state index in [9.17, 15) is 4.79 Å². The number of carbonyl (C=O) groups is 1. The molecule has 0 atom stereocenters. The average Bonchev–Trinajstić information content (AvgIpc) is 1.82. The molecule has 0 bridgehead atoms. The Labute approximate surface area is 68.2 Å². The van der Waals surface area contributed by atoms with E-state index in [1.807, 2.05) is 0 Å². The van der Waals surface area contributed by atoms with Crippen LogP contribution in [-0.4, -0.2) is 21.0 Å². The Bertz CT molecular complexity index is 313. The van der Waals surface area contributed by atoms with Gasteiger partial charge in [0, 0.05) is 0 Å². The Kier molecular flexibility index (Phi) is 1.82. The lowest BCUT2D eigenvalue weighted by molar-refractivity contribution is 0.0696. The lowest BCUT2D eigenvalue weighted by Crippen LogP contribution is -2.11. The number of anilines is 2. The van der Waals surface area contributed by atoms with E-state index in [1.54, 1.807) is 0 Å². The van der Waals surface area contributed by atoms with E-state index in [0.717, 1.165) is 0 Å². The Morgan fingerprint density at radius 2 is 2.00 bits per heavy atom. The van der Waals surface area contributed by atoms with Crippen LogP contribution in [0.1, 0.15) is 16.1 Å². The number of aromatic carboxylic acids is 1. The van der Waals surface area contributed by atoms with Gasteiger partial charge in [-0.3, -0.25) is 0 Å². The number of hydrogen-bond donors (Lipinski definition) is 3. The van der Waals surface area contributed by atoms with Crippen molar-refractivity contribution in [3.63, 3.8) is 0 Å². The van der Waals surface area contributed by atoms with Crippen LogP contribution in [0.2, 0.25) is 0 Å². The van der Waals surface area contributed by atoms with E-state index in [2.05, 4.69) is 9.97 Å². The van der Waals surface area contributed by atoms with Crippen LogP contribution in [0.5, 0.6) is 0 Å². The molecule has 0 spiro atoms. The summed E-state index contributed by atoms with van der Waals surface area (Å²) in [6.45, 7) is 1.51. The van der Waals surface area contributed by atoms with E-state index in [0.29, 0.717) is 0 Å². The molecule has 0 saturated carbocycles. The van der Waals surface area contributed by atoms with Crippen LogP contribution in [0.25, 0.3) is 0 Å². The summed E-state index contributed by atoms with van der Waals surface area (Å²) in [5.74, 6) is -1.27. The summed E-state index contributed by atoms with van der Waals surface area (Å²) in [6, 6.07) is 0. The molecular weight excluding hydrogens is 160 g/mol. The zero-order valence-electron chi connectivity index (χ0n) is 6.40. The fourth-order valence-corrected chi connectivity index (χ4v) is 0.882.